The van der Waals surface area contributed by atoms with Crippen molar-refractivity contribution in [2.45, 2.75) is 39.3 Å². The number of ether oxygens (including phenoxy) is 1. The van der Waals surface area contributed by atoms with Crippen molar-refractivity contribution in [3.05, 3.63) is 53.2 Å². The van der Waals surface area contributed by atoms with Gasteiger partial charge in [-0.3, -0.25) is 4.98 Å². The first-order valence-electron chi connectivity index (χ1n) is 8.52. The molecule has 1 aromatic heterocycles. The molecule has 1 aromatic carbocycles. The maximum Gasteiger partial charge on any atom is 1.00 e. The van der Waals surface area contributed by atoms with E-state index in [1.54, 1.807) is 11.0 Å². The topological polar surface area (TPSA) is 82.6 Å². The van der Waals surface area contributed by atoms with Crippen LogP contribution in [0.1, 0.15) is 42.4 Å². The number of carboxylic acid groups (broad SMARTS) is 1. The second-order valence-electron chi connectivity index (χ2n) is 7.30. The molecule has 0 aliphatic carbocycles. The van der Waals surface area contributed by atoms with E-state index < -0.39 is 17.7 Å². The van der Waals surface area contributed by atoms with E-state index >= 15 is 0 Å². The van der Waals surface area contributed by atoms with Crippen LogP contribution in [0.5, 0.6) is 0 Å². The molecular formula is C20H21KN2O4. The zero-order valence-electron chi connectivity index (χ0n) is 16.1. The van der Waals surface area contributed by atoms with Gasteiger partial charge in [-0.25, -0.2) is 4.79 Å². The van der Waals surface area contributed by atoms with Crippen molar-refractivity contribution in [3.63, 3.8) is 0 Å². The number of nitrogens with zero attached hydrogens (tertiary/aromatic N) is 2. The Morgan fingerprint density at radius 3 is 2.44 bits per heavy atom. The van der Waals surface area contributed by atoms with Gasteiger partial charge in [-0.1, -0.05) is 30.3 Å². The van der Waals surface area contributed by atoms with Gasteiger partial charge < -0.3 is 19.5 Å². The molecule has 0 fully saturated rings. The Bertz CT molecular complexity index is 847. The van der Waals surface area contributed by atoms with Gasteiger partial charge in [-0.2, -0.15) is 0 Å². The molecule has 0 saturated carbocycles. The fourth-order valence-corrected chi connectivity index (χ4v) is 2.93. The number of benzene rings is 1. The van der Waals surface area contributed by atoms with Crippen molar-refractivity contribution in [3.8, 4) is 11.3 Å². The average molecular weight is 392 g/mol. The Kier molecular flexibility index (Phi) is 7.21. The summed E-state index contributed by atoms with van der Waals surface area (Å²) in [5, 5.41) is 11.6. The first kappa shape index (κ1) is 22.0. The summed E-state index contributed by atoms with van der Waals surface area (Å²) in [6.45, 7) is 6.18. The predicted octanol–water partition coefficient (Wildman–Crippen LogP) is -0.591. The van der Waals surface area contributed by atoms with Gasteiger partial charge in [0.05, 0.1) is 18.2 Å². The molecule has 3 rings (SSSR count). The molecule has 2 heterocycles. The second kappa shape index (κ2) is 8.83. The van der Waals surface area contributed by atoms with Gasteiger partial charge in [0.2, 0.25) is 0 Å². The third-order valence-corrected chi connectivity index (χ3v) is 4.09. The Morgan fingerprint density at radius 2 is 1.85 bits per heavy atom. The molecular weight excluding hydrogens is 371 g/mol. The van der Waals surface area contributed by atoms with Crippen LogP contribution in [0.15, 0.2) is 36.4 Å². The molecule has 136 valence electrons. The SMILES string of the molecule is CC(C)(C)OC(=O)N1CCc2nc(-c3ccccc3)c(C(=O)[O-])cc2C1.[K+]. The van der Waals surface area contributed by atoms with E-state index in [9.17, 15) is 14.7 Å². The summed E-state index contributed by atoms with van der Waals surface area (Å²) in [6.07, 6.45) is 0.132. The quantitative estimate of drug-likeness (QED) is 0.638. The van der Waals surface area contributed by atoms with Gasteiger partial charge in [0.15, 0.2) is 0 Å². The molecule has 0 atom stereocenters. The monoisotopic (exact) mass is 392 g/mol. The van der Waals surface area contributed by atoms with Crippen LogP contribution in [0.3, 0.4) is 0 Å². The number of carboxylic acids is 1. The van der Waals surface area contributed by atoms with E-state index in [0.717, 1.165) is 11.3 Å². The number of aromatic carboxylic acids is 1. The summed E-state index contributed by atoms with van der Waals surface area (Å²) >= 11 is 0. The van der Waals surface area contributed by atoms with Crippen molar-refractivity contribution < 1.29 is 70.8 Å². The minimum Gasteiger partial charge on any atom is -0.545 e. The van der Waals surface area contributed by atoms with Crippen LogP contribution in [-0.2, 0) is 17.7 Å². The van der Waals surface area contributed by atoms with Crippen LogP contribution in [-0.4, -0.2) is 34.1 Å². The molecule has 0 saturated heterocycles. The van der Waals surface area contributed by atoms with Gasteiger partial charge in [-0.15, -0.1) is 0 Å². The Balaban J connectivity index is 0.00000261. The molecule has 7 heteroatoms. The number of amides is 1. The van der Waals surface area contributed by atoms with E-state index in [-0.39, 0.29) is 63.5 Å². The van der Waals surface area contributed by atoms with Gasteiger partial charge in [0, 0.05) is 29.8 Å². The van der Waals surface area contributed by atoms with Crippen LogP contribution in [0, 0.1) is 0 Å². The summed E-state index contributed by atoms with van der Waals surface area (Å²) in [6, 6.07) is 10.7. The number of carbonyl (C=O) groups is 2. The molecule has 0 unspecified atom stereocenters. The van der Waals surface area contributed by atoms with Crippen molar-refractivity contribution in [2.24, 2.45) is 0 Å². The largest absolute Gasteiger partial charge is 1.00 e. The number of pyridine rings is 1. The summed E-state index contributed by atoms with van der Waals surface area (Å²) in [5.74, 6) is -1.28. The van der Waals surface area contributed by atoms with E-state index in [2.05, 4.69) is 4.98 Å². The summed E-state index contributed by atoms with van der Waals surface area (Å²) in [4.78, 5) is 30.1. The Labute approximate surface area is 201 Å². The standard InChI is InChI=1S/C20H22N2O4.K/c1-20(2,3)26-19(25)22-10-9-16-14(12-22)11-15(18(23)24)17(21-16)13-7-5-4-6-8-13;/h4-8,11H,9-10,12H2,1-3H3,(H,23,24);/q;+1/p-1. The van der Waals surface area contributed by atoms with E-state index in [0.29, 0.717) is 24.2 Å². The second-order valence-corrected chi connectivity index (χ2v) is 7.30. The van der Waals surface area contributed by atoms with E-state index in [1.165, 1.54) is 0 Å². The molecule has 0 bridgehead atoms. The number of hydrogen-bond acceptors (Lipinski definition) is 5. The third-order valence-electron chi connectivity index (χ3n) is 4.09. The minimum atomic E-state index is -1.28. The van der Waals surface area contributed by atoms with Crippen molar-refractivity contribution in [2.75, 3.05) is 6.54 Å². The molecule has 1 amide bonds. The maximum atomic E-state index is 12.3. The number of rotatable bonds is 2. The first-order valence-corrected chi connectivity index (χ1v) is 8.52. The Morgan fingerprint density at radius 1 is 1.19 bits per heavy atom. The van der Waals surface area contributed by atoms with Gasteiger partial charge in [-0.05, 0) is 32.4 Å². The fraction of sp³-hybridized carbons (Fsp3) is 0.350. The third kappa shape index (κ3) is 5.39. The average Bonchev–Trinajstić information content (AvgIpc) is 2.59. The van der Waals surface area contributed by atoms with Crippen LogP contribution in [0.4, 0.5) is 4.79 Å². The van der Waals surface area contributed by atoms with Crippen LogP contribution in [0.2, 0.25) is 0 Å². The number of hydrogen-bond donors (Lipinski definition) is 0. The minimum absolute atomic E-state index is 0. The molecule has 1 aliphatic heterocycles. The van der Waals surface area contributed by atoms with Crippen molar-refractivity contribution >= 4 is 12.1 Å². The van der Waals surface area contributed by atoms with Gasteiger partial charge >= 0.3 is 57.5 Å². The zero-order valence-corrected chi connectivity index (χ0v) is 19.2. The zero-order chi connectivity index (χ0) is 18.9. The summed E-state index contributed by atoms with van der Waals surface area (Å²) in [7, 11) is 0. The van der Waals surface area contributed by atoms with Gasteiger partial charge in [0.1, 0.15) is 5.60 Å². The summed E-state index contributed by atoms with van der Waals surface area (Å²) in [5.41, 5.74) is 2.08. The van der Waals surface area contributed by atoms with E-state index in [1.807, 2.05) is 51.1 Å². The van der Waals surface area contributed by atoms with Crippen molar-refractivity contribution in [1.29, 1.82) is 0 Å². The fourth-order valence-electron chi connectivity index (χ4n) is 2.93. The molecule has 0 spiro atoms. The van der Waals surface area contributed by atoms with Crippen LogP contribution < -0.4 is 56.5 Å². The van der Waals surface area contributed by atoms with Crippen LogP contribution >= 0.6 is 0 Å². The van der Waals surface area contributed by atoms with E-state index in [4.69, 9.17) is 4.74 Å². The summed E-state index contributed by atoms with van der Waals surface area (Å²) < 4.78 is 5.40. The first-order chi connectivity index (χ1) is 12.2. The maximum absolute atomic E-state index is 12.3. The molecule has 6 nitrogen and oxygen atoms in total. The Hall–Kier alpha value is -1.25. The molecule has 2 aromatic rings. The normalized spacial score (nSPS) is 13.4. The molecule has 0 radical (unpaired) electrons. The van der Waals surface area contributed by atoms with Gasteiger partial charge in [0.25, 0.3) is 0 Å². The smallest absolute Gasteiger partial charge is 0.545 e. The number of fused-ring (bicyclic) bond motifs is 1. The number of carbonyl (C=O) groups excluding carboxylic acids is 2. The number of aromatic nitrogens is 1. The molecule has 1 aliphatic rings. The van der Waals surface area contributed by atoms with Crippen LogP contribution in [0.25, 0.3) is 11.3 Å². The predicted molar refractivity (Wildman–Crippen MR) is 94.4 cm³/mol. The van der Waals surface area contributed by atoms with Crippen molar-refractivity contribution in [1.82, 2.24) is 9.88 Å². The molecule has 0 N–H and O–H groups in total. The molecule has 27 heavy (non-hydrogen) atoms.